The van der Waals surface area contributed by atoms with Crippen LogP contribution < -0.4 is 0 Å². The van der Waals surface area contributed by atoms with Gasteiger partial charge in [-0.25, -0.2) is 0 Å². The van der Waals surface area contributed by atoms with Crippen LogP contribution in [0.3, 0.4) is 0 Å². The molecule has 0 aliphatic rings. The minimum absolute atomic E-state index is 0. The molecule has 0 rings (SSSR count). The van der Waals surface area contributed by atoms with Gasteiger partial charge in [-0.1, -0.05) is 230 Å². The van der Waals surface area contributed by atoms with Crippen LogP contribution in [0.5, 0.6) is 0 Å². The van der Waals surface area contributed by atoms with Crippen LogP contribution >= 0.6 is 0 Å². The van der Waals surface area contributed by atoms with Crippen molar-refractivity contribution in [3.63, 3.8) is 0 Å². The van der Waals surface area contributed by atoms with Gasteiger partial charge < -0.3 is 0 Å². The lowest BCUT2D eigenvalue weighted by Gasteiger charge is -2.32. The minimum atomic E-state index is -0.859. The molecule has 0 amide bonds. The zero-order valence-corrected chi connectivity index (χ0v) is 41.2. The van der Waals surface area contributed by atoms with Crippen LogP contribution in [-0.4, -0.2) is 48.4 Å². The normalized spacial score (nSPS) is 12.1. The number of unbranched alkanes of at least 4 members (excludes halogenated alkanes) is 1. The molecule has 6 heteroatoms. The third kappa shape index (κ3) is 83.8. The topological polar surface area (TPSA) is 0 Å². The van der Waals surface area contributed by atoms with Crippen molar-refractivity contribution in [2.24, 2.45) is 0 Å². The van der Waals surface area contributed by atoms with Crippen molar-refractivity contribution in [3.8, 4) is 0 Å². The molecule has 0 N–H and O–H groups in total. The molecule has 0 saturated carbocycles. The van der Waals surface area contributed by atoms with Gasteiger partial charge in [0.15, 0.2) is 0 Å². The fraction of sp³-hybridized carbons (Fsp3) is 1.00. The Balaban J connectivity index is -0.0000000701. The van der Waals surface area contributed by atoms with Crippen molar-refractivity contribution in [1.29, 1.82) is 0 Å². The Bertz CT molecular complexity index is 504. The summed E-state index contributed by atoms with van der Waals surface area (Å²) in [5, 5.41) is 0.576. The smallest absolute Gasteiger partial charge is 0.0496 e. The Morgan fingerprint density at radius 2 is 0.643 bits per heavy atom. The van der Waals surface area contributed by atoms with E-state index >= 15 is 0 Å². The molecule has 0 atom stereocenters. The third-order valence-corrected chi connectivity index (χ3v) is 21.8. The van der Waals surface area contributed by atoms with E-state index < -0.39 is 48.4 Å². The third-order valence-electron chi connectivity index (χ3n) is 7.51. The van der Waals surface area contributed by atoms with E-state index in [0.717, 1.165) is 0 Å². The maximum atomic E-state index is 2.44. The van der Waals surface area contributed by atoms with Gasteiger partial charge >= 0.3 is 0 Å². The number of hydrogen-bond acceptors (Lipinski definition) is 0. The van der Waals surface area contributed by atoms with Gasteiger partial charge in [-0.05, 0) is 5.04 Å². The van der Waals surface area contributed by atoms with E-state index in [0.29, 0.717) is 5.04 Å². The van der Waals surface area contributed by atoms with Gasteiger partial charge in [-0.15, -0.1) is 0 Å². The SMILES string of the molecule is C.CC(C)(C)[Si](C)(C)C.CCCC[Si](C)(C)C.CCC[Si](C)(C)C.CC[Si](C)(C)C.CC[Si](C)(C)CC.C[Si](C)(C)C. The average molecular weight is 700 g/mol. The number of rotatable bonds is 8. The first-order chi connectivity index (χ1) is 17.6. The molecule has 0 saturated heterocycles. The molecule has 0 aromatic rings. The Hall–Kier alpha value is 1.30. The molecular weight excluding hydrogens is 601 g/mol. The van der Waals surface area contributed by atoms with Crippen molar-refractivity contribution in [2.45, 2.75) is 235 Å². The van der Waals surface area contributed by atoms with Gasteiger partial charge in [-0.3, -0.25) is 0 Å². The Morgan fingerprint density at radius 1 is 0.405 bits per heavy atom. The molecule has 0 nitrogen and oxygen atoms in total. The monoisotopic (exact) mass is 699 g/mol. The highest BCUT2D eigenvalue weighted by molar-refractivity contribution is 6.79. The lowest BCUT2D eigenvalue weighted by Crippen LogP contribution is -2.32. The van der Waals surface area contributed by atoms with E-state index in [1.54, 1.807) is 0 Å². The van der Waals surface area contributed by atoms with Crippen molar-refractivity contribution in [3.05, 3.63) is 0 Å². The van der Waals surface area contributed by atoms with Crippen molar-refractivity contribution in [2.75, 3.05) is 0 Å². The van der Waals surface area contributed by atoms with Gasteiger partial charge in [0.25, 0.3) is 0 Å². The summed E-state index contributed by atoms with van der Waals surface area (Å²) in [5.74, 6) is 0. The molecule has 0 bridgehead atoms. The van der Waals surface area contributed by atoms with E-state index in [1.165, 1.54) is 49.5 Å². The summed E-state index contributed by atoms with van der Waals surface area (Å²) in [6.45, 7) is 61.5. The first-order valence-corrected chi connectivity index (χ1v) is 39.6. The molecule has 0 fully saturated rings. The molecule has 0 heterocycles. The van der Waals surface area contributed by atoms with Crippen molar-refractivity contribution in [1.82, 2.24) is 0 Å². The zero-order chi connectivity index (χ0) is 35.2. The van der Waals surface area contributed by atoms with E-state index in [4.69, 9.17) is 0 Å². The summed E-state index contributed by atoms with van der Waals surface area (Å²) in [7, 11) is -4.09. The van der Waals surface area contributed by atoms with Crippen LogP contribution in [-0.2, 0) is 0 Å². The number of hydrogen-bond donors (Lipinski definition) is 0. The molecule has 42 heavy (non-hydrogen) atoms. The van der Waals surface area contributed by atoms with Gasteiger partial charge in [0.05, 0.1) is 0 Å². The summed E-state index contributed by atoms with van der Waals surface area (Å²) < 4.78 is 0. The maximum Gasteiger partial charge on any atom is 0.0496 e. The Labute approximate surface area is 282 Å². The lowest BCUT2D eigenvalue weighted by atomic mass is 10.2. The van der Waals surface area contributed by atoms with Crippen LogP contribution in [0.15, 0.2) is 0 Å². The maximum absolute atomic E-state index is 2.44. The predicted molar refractivity (Wildman–Crippen MR) is 233 cm³/mol. The summed E-state index contributed by atoms with van der Waals surface area (Å²) >= 11 is 0. The van der Waals surface area contributed by atoms with Crippen LogP contribution in [0.2, 0.25) is 153 Å². The Kier molecular flexibility index (Phi) is 38.4. The molecule has 0 radical (unpaired) electrons. The lowest BCUT2D eigenvalue weighted by molar-refractivity contribution is 0.724. The van der Waals surface area contributed by atoms with Crippen LogP contribution in [0, 0.1) is 0 Å². The molecule has 0 spiro atoms. The second-order valence-corrected chi connectivity index (χ2v) is 55.1. The molecule has 266 valence electrons. The molecular formula is C36H98Si6. The minimum Gasteiger partial charge on any atom is -0.0776 e. The highest BCUT2D eigenvalue weighted by atomic mass is 28.3. The largest absolute Gasteiger partial charge is 0.0776 e. The molecule has 0 aliphatic carbocycles. The van der Waals surface area contributed by atoms with Gasteiger partial charge in [0, 0.05) is 48.4 Å². The first kappa shape index (κ1) is 58.8. The van der Waals surface area contributed by atoms with Crippen molar-refractivity contribution >= 4 is 48.4 Å². The highest BCUT2D eigenvalue weighted by Crippen LogP contribution is 2.35. The standard InChI is InChI=1S/2C7H18Si.2C6H16Si.C5H14Si.C4H12Si.CH4/c1-7(2,3)8(4,5)6;1-5-6-7-8(2,3)4;1-5-6-7(2,3)4;1-5-7(3,4)6-2;1-5-6(2,3)4;1-5(2,3)4;/h1-6H3;5-7H2,1-4H3;2*5-6H2,1-4H3;5H2,1-4H3;1-4H3;1H4. The molecule has 0 aromatic heterocycles. The second-order valence-electron chi connectivity index (χ2n) is 20.3. The van der Waals surface area contributed by atoms with Gasteiger partial charge in [0.2, 0.25) is 0 Å². The average Bonchev–Trinajstić information content (AvgIpc) is 2.69. The Morgan fingerprint density at radius 3 is 0.667 bits per heavy atom. The van der Waals surface area contributed by atoms with Crippen LogP contribution in [0.1, 0.15) is 82.1 Å². The molecule has 0 aromatic carbocycles. The van der Waals surface area contributed by atoms with E-state index in [1.807, 2.05) is 0 Å². The van der Waals surface area contributed by atoms with E-state index in [-0.39, 0.29) is 7.43 Å². The summed E-state index contributed by atoms with van der Waals surface area (Å²) in [6.07, 6.45) is 4.18. The fourth-order valence-corrected chi connectivity index (χ4v) is 5.12. The van der Waals surface area contributed by atoms with E-state index in [9.17, 15) is 0 Å². The quantitative estimate of drug-likeness (QED) is 0.221. The van der Waals surface area contributed by atoms with E-state index in [2.05, 4.69) is 173 Å². The highest BCUT2D eigenvalue weighted by Gasteiger charge is 2.29. The second kappa shape index (κ2) is 27.4. The zero-order valence-electron chi connectivity index (χ0n) is 35.2. The molecule has 0 aliphatic heterocycles. The van der Waals surface area contributed by atoms with Crippen LogP contribution in [0.25, 0.3) is 0 Å². The fourth-order valence-electron chi connectivity index (χ4n) is 1.71. The molecule has 0 unspecified atom stereocenters. The summed E-state index contributed by atoms with van der Waals surface area (Å²) in [6, 6.07) is 7.26. The summed E-state index contributed by atoms with van der Waals surface area (Å²) in [4.78, 5) is 0. The first-order valence-electron chi connectivity index (χ1n) is 17.6. The van der Waals surface area contributed by atoms with Crippen molar-refractivity contribution < 1.29 is 0 Å². The summed E-state index contributed by atoms with van der Waals surface area (Å²) in [5.41, 5.74) is 0. The van der Waals surface area contributed by atoms with Gasteiger partial charge in [-0.2, -0.15) is 0 Å². The predicted octanol–water partition coefficient (Wildman–Crippen LogP) is 16.7. The van der Waals surface area contributed by atoms with Gasteiger partial charge in [0.1, 0.15) is 0 Å². The van der Waals surface area contributed by atoms with Crippen LogP contribution in [0.4, 0.5) is 0 Å².